The number of benzene rings is 1. The minimum absolute atomic E-state index is 0.0922. The van der Waals surface area contributed by atoms with E-state index in [0.29, 0.717) is 15.0 Å². The van der Waals surface area contributed by atoms with Gasteiger partial charge in [-0.3, -0.25) is 9.69 Å². The first-order valence-electron chi connectivity index (χ1n) is 6.12. The number of halogens is 1. The molecule has 0 atom stereocenters. The molecular formula is C15H10BrNO2S2. The van der Waals surface area contributed by atoms with Gasteiger partial charge < -0.3 is 4.42 Å². The van der Waals surface area contributed by atoms with Gasteiger partial charge in [0.05, 0.1) is 4.91 Å². The van der Waals surface area contributed by atoms with Crippen molar-refractivity contribution in [2.24, 2.45) is 0 Å². The molecule has 2 aromatic rings. The predicted octanol–water partition coefficient (Wildman–Crippen LogP) is 4.54. The molecule has 1 aromatic heterocycles. The van der Waals surface area contributed by atoms with Crippen molar-refractivity contribution in [3.8, 4) is 11.3 Å². The van der Waals surface area contributed by atoms with E-state index in [2.05, 4.69) is 15.9 Å². The van der Waals surface area contributed by atoms with Crippen molar-refractivity contribution in [2.75, 3.05) is 7.05 Å². The van der Waals surface area contributed by atoms with Crippen molar-refractivity contribution in [3.05, 3.63) is 51.5 Å². The molecule has 0 saturated carbocycles. The van der Waals surface area contributed by atoms with Crippen molar-refractivity contribution >= 4 is 56.2 Å². The van der Waals surface area contributed by atoms with Crippen LogP contribution in [-0.4, -0.2) is 22.2 Å². The van der Waals surface area contributed by atoms with Gasteiger partial charge in [0.1, 0.15) is 15.8 Å². The number of carbonyl (C=O) groups excluding carboxylic acids is 1. The highest BCUT2D eigenvalue weighted by atomic mass is 79.9. The number of nitrogens with zero attached hydrogens (tertiary/aromatic N) is 1. The molecule has 0 N–H and O–H groups in total. The van der Waals surface area contributed by atoms with Gasteiger partial charge in [-0.1, -0.05) is 52.0 Å². The van der Waals surface area contributed by atoms with E-state index in [1.807, 2.05) is 36.4 Å². The van der Waals surface area contributed by atoms with E-state index in [9.17, 15) is 4.79 Å². The summed E-state index contributed by atoms with van der Waals surface area (Å²) in [5.74, 6) is 1.30. The summed E-state index contributed by atoms with van der Waals surface area (Å²) in [5.41, 5.74) is 0.979. The van der Waals surface area contributed by atoms with E-state index in [1.165, 1.54) is 16.7 Å². The summed E-state index contributed by atoms with van der Waals surface area (Å²) in [7, 11) is 1.67. The molecule has 0 spiro atoms. The molecule has 106 valence electrons. The first-order valence-corrected chi connectivity index (χ1v) is 8.14. The molecule has 0 unspecified atom stereocenters. The lowest BCUT2D eigenvalue weighted by molar-refractivity contribution is -0.121. The van der Waals surface area contributed by atoms with Gasteiger partial charge in [-0.05, 0) is 24.3 Å². The maximum atomic E-state index is 11.9. The average molecular weight is 380 g/mol. The molecule has 1 aliphatic heterocycles. The molecule has 1 amide bonds. The molecule has 0 radical (unpaired) electrons. The molecule has 0 aliphatic carbocycles. The highest BCUT2D eigenvalue weighted by Gasteiger charge is 2.28. The maximum absolute atomic E-state index is 11.9. The fourth-order valence-electron chi connectivity index (χ4n) is 1.90. The Morgan fingerprint density at radius 2 is 2.14 bits per heavy atom. The monoisotopic (exact) mass is 379 g/mol. The zero-order chi connectivity index (χ0) is 15.0. The lowest BCUT2D eigenvalue weighted by Crippen LogP contribution is -2.22. The minimum Gasteiger partial charge on any atom is -0.457 e. The highest BCUT2D eigenvalue weighted by Crippen LogP contribution is 2.32. The number of carbonyl (C=O) groups is 1. The Kier molecular flexibility index (Phi) is 4.01. The van der Waals surface area contributed by atoms with Crippen molar-refractivity contribution in [1.29, 1.82) is 0 Å². The van der Waals surface area contributed by atoms with Crippen molar-refractivity contribution < 1.29 is 9.21 Å². The van der Waals surface area contributed by atoms with E-state index < -0.39 is 0 Å². The van der Waals surface area contributed by atoms with E-state index >= 15 is 0 Å². The smallest absolute Gasteiger partial charge is 0.266 e. The van der Waals surface area contributed by atoms with E-state index in [4.69, 9.17) is 16.6 Å². The Balaban J connectivity index is 1.89. The highest BCUT2D eigenvalue weighted by molar-refractivity contribution is 9.10. The van der Waals surface area contributed by atoms with Gasteiger partial charge >= 0.3 is 0 Å². The first kappa shape index (κ1) is 14.6. The van der Waals surface area contributed by atoms with Gasteiger partial charge in [0, 0.05) is 23.2 Å². The third-order valence-electron chi connectivity index (χ3n) is 3.00. The average Bonchev–Trinajstić information content (AvgIpc) is 3.01. The molecule has 1 aliphatic rings. The molecule has 21 heavy (non-hydrogen) atoms. The molecule has 1 aromatic carbocycles. The van der Waals surface area contributed by atoms with Crippen LogP contribution in [-0.2, 0) is 4.79 Å². The summed E-state index contributed by atoms with van der Waals surface area (Å²) < 4.78 is 7.33. The summed E-state index contributed by atoms with van der Waals surface area (Å²) in [6, 6.07) is 11.6. The first-order chi connectivity index (χ1) is 10.0. The Morgan fingerprint density at radius 1 is 1.33 bits per heavy atom. The fraction of sp³-hybridized carbons (Fsp3) is 0.0667. The van der Waals surface area contributed by atoms with Crippen LogP contribution in [0.4, 0.5) is 0 Å². The topological polar surface area (TPSA) is 33.5 Å². The van der Waals surface area contributed by atoms with Gasteiger partial charge in [0.2, 0.25) is 0 Å². The van der Waals surface area contributed by atoms with Crippen LogP contribution in [0, 0.1) is 0 Å². The van der Waals surface area contributed by atoms with Crippen LogP contribution < -0.4 is 0 Å². The Morgan fingerprint density at radius 3 is 2.81 bits per heavy atom. The molecule has 0 bridgehead atoms. The Hall–Kier alpha value is -1.37. The van der Waals surface area contributed by atoms with Crippen LogP contribution in [0.3, 0.4) is 0 Å². The molecule has 3 nitrogen and oxygen atoms in total. The largest absolute Gasteiger partial charge is 0.457 e. The number of furan rings is 1. The molecule has 3 rings (SSSR count). The number of amides is 1. The summed E-state index contributed by atoms with van der Waals surface area (Å²) in [6.07, 6.45) is 1.73. The van der Waals surface area contributed by atoms with Crippen LogP contribution in [0.5, 0.6) is 0 Å². The van der Waals surface area contributed by atoms with Gasteiger partial charge in [-0.15, -0.1) is 0 Å². The lowest BCUT2D eigenvalue weighted by atomic mass is 10.2. The normalized spacial score (nSPS) is 17.0. The van der Waals surface area contributed by atoms with Crippen LogP contribution in [0.1, 0.15) is 5.76 Å². The molecule has 6 heteroatoms. The summed E-state index contributed by atoms with van der Waals surface area (Å²) in [5, 5.41) is 0. The molecule has 1 saturated heterocycles. The van der Waals surface area contributed by atoms with Crippen molar-refractivity contribution in [1.82, 2.24) is 4.90 Å². The number of thiocarbonyl (C=S) groups is 1. The SMILES string of the molecule is CN1C(=O)/C(=C\c2ccc(-c3cccc(Br)c3)o2)SC1=S. The predicted molar refractivity (Wildman–Crippen MR) is 92.8 cm³/mol. The van der Waals surface area contributed by atoms with E-state index in [1.54, 1.807) is 13.1 Å². The van der Waals surface area contributed by atoms with Gasteiger partial charge in [0.15, 0.2) is 0 Å². The van der Waals surface area contributed by atoms with Gasteiger partial charge in [-0.2, -0.15) is 0 Å². The van der Waals surface area contributed by atoms with Crippen LogP contribution in [0.2, 0.25) is 0 Å². The third kappa shape index (κ3) is 2.97. The number of thioether (sulfide) groups is 1. The molecule has 2 heterocycles. The summed E-state index contributed by atoms with van der Waals surface area (Å²) >= 11 is 9.82. The minimum atomic E-state index is -0.0922. The second-order valence-corrected chi connectivity index (χ2v) is 7.04. The zero-order valence-electron chi connectivity index (χ0n) is 11.0. The zero-order valence-corrected chi connectivity index (χ0v) is 14.2. The lowest BCUT2D eigenvalue weighted by Gasteiger charge is -2.03. The van der Waals surface area contributed by atoms with Crippen LogP contribution in [0.15, 0.2) is 50.2 Å². The Labute approximate surface area is 140 Å². The molecular weight excluding hydrogens is 370 g/mol. The number of rotatable bonds is 2. The number of hydrogen-bond donors (Lipinski definition) is 0. The summed E-state index contributed by atoms with van der Waals surface area (Å²) in [4.78, 5) is 14.0. The number of likely N-dealkylation sites (N-methyl/N-ethyl adjacent to an activating group) is 1. The van der Waals surface area contributed by atoms with Crippen molar-refractivity contribution in [2.45, 2.75) is 0 Å². The molecule has 1 fully saturated rings. The van der Waals surface area contributed by atoms with Crippen molar-refractivity contribution in [3.63, 3.8) is 0 Å². The van der Waals surface area contributed by atoms with E-state index in [-0.39, 0.29) is 5.91 Å². The number of hydrogen-bond acceptors (Lipinski definition) is 4. The second kappa shape index (κ2) is 5.79. The van der Waals surface area contributed by atoms with Gasteiger partial charge in [-0.25, -0.2) is 0 Å². The van der Waals surface area contributed by atoms with Gasteiger partial charge in [0.25, 0.3) is 5.91 Å². The quantitative estimate of drug-likeness (QED) is 0.566. The van der Waals surface area contributed by atoms with Crippen LogP contribution in [0.25, 0.3) is 17.4 Å². The van der Waals surface area contributed by atoms with E-state index in [0.717, 1.165) is 15.8 Å². The van der Waals surface area contributed by atoms with Crippen LogP contribution >= 0.6 is 39.9 Å². The maximum Gasteiger partial charge on any atom is 0.266 e. The standard InChI is InChI=1S/C15H10BrNO2S2/c1-17-14(18)13(21-15(17)20)8-11-5-6-12(19-11)9-3-2-4-10(16)7-9/h2-8H,1H3/b13-8+. The Bertz CT molecular complexity index is 767. The summed E-state index contributed by atoms with van der Waals surface area (Å²) in [6.45, 7) is 0. The second-order valence-electron chi connectivity index (χ2n) is 4.45. The fourth-order valence-corrected chi connectivity index (χ4v) is 3.46. The third-order valence-corrected chi connectivity index (χ3v) is 4.97.